The van der Waals surface area contributed by atoms with E-state index in [-0.39, 0.29) is 0 Å². The lowest BCUT2D eigenvalue weighted by Gasteiger charge is -2.11. The molecule has 0 aliphatic heterocycles. The van der Waals surface area contributed by atoms with Gasteiger partial charge >= 0.3 is 0 Å². The Balaban J connectivity index is 1.10. The highest BCUT2D eigenvalue weighted by molar-refractivity contribution is 6.23. The minimum Gasteiger partial charge on any atom is -0.308 e. The summed E-state index contributed by atoms with van der Waals surface area (Å²) in [4.78, 5) is 15.3. The van der Waals surface area contributed by atoms with Gasteiger partial charge in [-0.1, -0.05) is 127 Å². The van der Waals surface area contributed by atoms with Crippen LogP contribution in [0.25, 0.3) is 99.8 Å². The first-order chi connectivity index (χ1) is 24.8. The fraction of sp³-hybridized carbons (Fsp3) is 0. The molecule has 0 aliphatic rings. The molecule has 0 fully saturated rings. The molecule has 4 aromatic heterocycles. The fourth-order valence-corrected chi connectivity index (χ4v) is 7.90. The molecule has 11 rings (SSSR count). The van der Waals surface area contributed by atoms with E-state index in [9.17, 15) is 0 Å². The van der Waals surface area contributed by atoms with Gasteiger partial charge in [-0.05, 0) is 47.5 Å². The number of benzene rings is 7. The smallest absolute Gasteiger partial charge is 0.238 e. The van der Waals surface area contributed by atoms with Crippen molar-refractivity contribution in [1.29, 1.82) is 0 Å². The molecule has 0 atom stereocenters. The Morgan fingerprint density at radius 1 is 0.320 bits per heavy atom. The molecular formula is C45H27N5. The summed E-state index contributed by atoms with van der Waals surface area (Å²) in [5, 5.41) is 7.44. The van der Waals surface area contributed by atoms with Crippen molar-refractivity contribution in [3.05, 3.63) is 164 Å². The zero-order valence-electron chi connectivity index (χ0n) is 26.8. The molecule has 0 saturated carbocycles. The van der Waals surface area contributed by atoms with E-state index >= 15 is 0 Å². The van der Waals surface area contributed by atoms with E-state index in [0.717, 1.165) is 33.3 Å². The lowest BCUT2D eigenvalue weighted by Crippen LogP contribution is -2.06. The van der Waals surface area contributed by atoms with Crippen LogP contribution in [0.4, 0.5) is 0 Å². The van der Waals surface area contributed by atoms with Crippen molar-refractivity contribution in [2.24, 2.45) is 0 Å². The molecule has 0 bridgehead atoms. The Morgan fingerprint density at radius 3 is 1.56 bits per heavy atom. The van der Waals surface area contributed by atoms with E-state index in [0.29, 0.717) is 17.6 Å². The van der Waals surface area contributed by atoms with Gasteiger partial charge in [-0.15, -0.1) is 0 Å². The first kappa shape index (κ1) is 27.1. The second-order valence-corrected chi connectivity index (χ2v) is 12.9. The average molecular weight is 638 g/mol. The first-order valence-corrected chi connectivity index (χ1v) is 16.9. The molecule has 0 amide bonds. The van der Waals surface area contributed by atoms with Crippen LogP contribution < -0.4 is 0 Å². The molecule has 0 N–H and O–H groups in total. The van der Waals surface area contributed by atoms with Crippen LogP contribution in [-0.2, 0) is 0 Å². The van der Waals surface area contributed by atoms with Crippen molar-refractivity contribution in [3.63, 3.8) is 0 Å². The Morgan fingerprint density at radius 2 is 0.820 bits per heavy atom. The zero-order chi connectivity index (χ0) is 32.8. The van der Waals surface area contributed by atoms with Crippen molar-refractivity contribution >= 4 is 59.9 Å². The Bertz CT molecular complexity index is 3040. The highest BCUT2D eigenvalue weighted by Crippen LogP contribution is 2.40. The van der Waals surface area contributed by atoms with E-state index in [4.69, 9.17) is 15.0 Å². The third-order valence-electron chi connectivity index (χ3n) is 10.1. The van der Waals surface area contributed by atoms with E-state index in [2.05, 4.69) is 155 Å². The lowest BCUT2D eigenvalue weighted by atomic mass is 10.00. The van der Waals surface area contributed by atoms with Crippen LogP contribution >= 0.6 is 0 Å². The highest BCUT2D eigenvalue weighted by atomic mass is 15.2. The van der Waals surface area contributed by atoms with Gasteiger partial charge in [-0.3, -0.25) is 4.57 Å². The van der Waals surface area contributed by atoms with Crippen molar-refractivity contribution in [2.75, 3.05) is 0 Å². The molecule has 4 heterocycles. The summed E-state index contributed by atoms with van der Waals surface area (Å²) < 4.78 is 4.58. The SMILES string of the molecule is c1ccc(-c2nc(-c3cccc(-c4ccc5c(c4)c4cccc6c7ccccc7n5c64)c3)nc(-n3c4ccccc4c4ccccc43)n2)cc1. The quantitative estimate of drug-likeness (QED) is 0.193. The van der Waals surface area contributed by atoms with Crippen LogP contribution in [0.1, 0.15) is 0 Å². The maximum absolute atomic E-state index is 5.18. The summed E-state index contributed by atoms with van der Waals surface area (Å²) in [5.74, 6) is 1.86. The number of hydrogen-bond acceptors (Lipinski definition) is 3. The molecule has 11 aromatic rings. The van der Waals surface area contributed by atoms with E-state index in [1.807, 2.05) is 18.2 Å². The van der Waals surface area contributed by atoms with Gasteiger partial charge < -0.3 is 4.40 Å². The van der Waals surface area contributed by atoms with Crippen LogP contribution in [0, 0.1) is 0 Å². The molecule has 0 radical (unpaired) electrons. The Kier molecular flexibility index (Phi) is 5.60. The standard InChI is InChI=1S/C45H27N5/c1-2-12-28(13-3-1)43-46-44(48-45(47-43)50-39-22-8-4-16-32(39)33-17-5-9-23-40(33)50)31-15-10-14-29(26-31)30-24-25-41-37(27-30)36-20-11-19-35-34-18-6-7-21-38(34)49(41)42(35)36/h1-27H. The van der Waals surface area contributed by atoms with Gasteiger partial charge in [-0.2, -0.15) is 9.97 Å². The number of para-hydroxylation sites is 4. The summed E-state index contributed by atoms with van der Waals surface area (Å²) in [7, 11) is 0. The molecule has 5 nitrogen and oxygen atoms in total. The number of rotatable bonds is 4. The topological polar surface area (TPSA) is 48.0 Å². The summed E-state index contributed by atoms with van der Waals surface area (Å²) in [5.41, 5.74) is 10.0. The maximum Gasteiger partial charge on any atom is 0.238 e. The molecule has 0 aliphatic carbocycles. The largest absolute Gasteiger partial charge is 0.308 e. The van der Waals surface area contributed by atoms with Gasteiger partial charge in [-0.25, -0.2) is 4.98 Å². The van der Waals surface area contributed by atoms with Crippen LogP contribution in [0.3, 0.4) is 0 Å². The zero-order valence-corrected chi connectivity index (χ0v) is 26.8. The van der Waals surface area contributed by atoms with Gasteiger partial charge in [0, 0.05) is 43.4 Å². The molecule has 50 heavy (non-hydrogen) atoms. The van der Waals surface area contributed by atoms with Gasteiger partial charge in [0.2, 0.25) is 5.95 Å². The summed E-state index contributed by atoms with van der Waals surface area (Å²) >= 11 is 0. The Hall–Kier alpha value is -6.85. The minimum atomic E-state index is 0.594. The number of aromatic nitrogens is 5. The maximum atomic E-state index is 5.18. The molecule has 0 unspecified atom stereocenters. The first-order valence-electron chi connectivity index (χ1n) is 16.9. The summed E-state index contributed by atoms with van der Waals surface area (Å²) in [6.07, 6.45) is 0. The van der Waals surface area contributed by atoms with Gasteiger partial charge in [0.1, 0.15) is 0 Å². The molecule has 5 heteroatoms. The van der Waals surface area contributed by atoms with Crippen molar-refractivity contribution in [3.8, 4) is 39.9 Å². The predicted molar refractivity (Wildman–Crippen MR) is 205 cm³/mol. The van der Waals surface area contributed by atoms with Crippen LogP contribution in [0.5, 0.6) is 0 Å². The van der Waals surface area contributed by atoms with Crippen molar-refractivity contribution in [1.82, 2.24) is 23.9 Å². The summed E-state index contributed by atoms with van der Waals surface area (Å²) in [6, 6.07) is 57.8. The van der Waals surface area contributed by atoms with Crippen LogP contribution in [0.2, 0.25) is 0 Å². The lowest BCUT2D eigenvalue weighted by molar-refractivity contribution is 0.953. The molecule has 0 spiro atoms. The summed E-state index contributed by atoms with van der Waals surface area (Å²) in [6.45, 7) is 0. The third kappa shape index (κ3) is 3.86. The third-order valence-corrected chi connectivity index (χ3v) is 10.1. The molecule has 0 saturated heterocycles. The van der Waals surface area contributed by atoms with Gasteiger partial charge in [0.15, 0.2) is 11.6 Å². The monoisotopic (exact) mass is 637 g/mol. The van der Waals surface area contributed by atoms with Gasteiger partial charge in [0.05, 0.1) is 27.6 Å². The van der Waals surface area contributed by atoms with Gasteiger partial charge in [0.25, 0.3) is 0 Å². The predicted octanol–water partition coefficient (Wildman–Crippen LogP) is 11.1. The number of hydrogen-bond donors (Lipinski definition) is 0. The van der Waals surface area contributed by atoms with Crippen LogP contribution in [-0.4, -0.2) is 23.9 Å². The second-order valence-electron chi connectivity index (χ2n) is 12.9. The minimum absolute atomic E-state index is 0.594. The Labute approximate surface area is 286 Å². The molecule has 232 valence electrons. The second kappa shape index (κ2) is 10.3. The van der Waals surface area contributed by atoms with Crippen molar-refractivity contribution in [2.45, 2.75) is 0 Å². The van der Waals surface area contributed by atoms with Crippen LogP contribution in [0.15, 0.2) is 164 Å². The normalized spacial score (nSPS) is 12.0. The van der Waals surface area contributed by atoms with E-state index < -0.39 is 0 Å². The molecular weight excluding hydrogens is 611 g/mol. The number of fused-ring (bicyclic) bond motifs is 9. The number of nitrogens with zero attached hydrogens (tertiary/aromatic N) is 5. The average Bonchev–Trinajstić information content (AvgIpc) is 3.83. The van der Waals surface area contributed by atoms with E-state index in [1.165, 1.54) is 48.9 Å². The highest BCUT2D eigenvalue weighted by Gasteiger charge is 2.19. The van der Waals surface area contributed by atoms with Crippen molar-refractivity contribution < 1.29 is 0 Å². The molecule has 7 aromatic carbocycles. The van der Waals surface area contributed by atoms with E-state index in [1.54, 1.807) is 0 Å². The fourth-order valence-electron chi connectivity index (χ4n) is 7.90.